The average molecular weight is 561 g/mol. The summed E-state index contributed by atoms with van der Waals surface area (Å²) in [6.45, 7) is 6.35. The van der Waals surface area contributed by atoms with Crippen LogP contribution in [0.15, 0.2) is 75.2 Å². The number of methoxy groups -OCH3 is 1. The number of anilines is 1. The molecule has 0 bridgehead atoms. The highest BCUT2D eigenvalue weighted by Gasteiger charge is 2.35. The molecule has 1 amide bonds. The highest BCUT2D eigenvalue weighted by molar-refractivity contribution is 7.07. The van der Waals surface area contributed by atoms with E-state index in [0.29, 0.717) is 51.0 Å². The SMILES string of the molecule is CCOc1ccc([C@@H]2C(C(=O)OC)=CN=c3s/c(=C\[C@H]4C(=O)N(c5ccccc5)N=C4C)c(=O)n32)cc1OCC. The summed E-state index contributed by atoms with van der Waals surface area (Å²) in [7, 11) is 1.28. The van der Waals surface area contributed by atoms with Crippen molar-refractivity contribution in [3.8, 4) is 11.5 Å². The third kappa shape index (κ3) is 4.84. The third-order valence-corrected chi connectivity index (χ3v) is 7.52. The first-order valence-corrected chi connectivity index (χ1v) is 13.6. The molecule has 40 heavy (non-hydrogen) atoms. The lowest BCUT2D eigenvalue weighted by Crippen LogP contribution is -2.39. The maximum absolute atomic E-state index is 13.9. The van der Waals surface area contributed by atoms with Crippen LogP contribution in [0.5, 0.6) is 11.5 Å². The Morgan fingerprint density at radius 2 is 1.77 bits per heavy atom. The number of aromatic nitrogens is 1. The minimum absolute atomic E-state index is 0.193. The number of thiazole rings is 1. The number of fused-ring (bicyclic) bond motifs is 1. The highest BCUT2D eigenvalue weighted by Crippen LogP contribution is 2.35. The smallest absolute Gasteiger partial charge is 0.337 e. The van der Waals surface area contributed by atoms with E-state index >= 15 is 0 Å². The molecule has 3 heterocycles. The van der Waals surface area contributed by atoms with E-state index < -0.39 is 17.9 Å². The van der Waals surface area contributed by atoms with Gasteiger partial charge in [0.05, 0.1) is 47.9 Å². The van der Waals surface area contributed by atoms with Crippen molar-refractivity contribution < 1.29 is 23.8 Å². The van der Waals surface area contributed by atoms with Crippen molar-refractivity contribution in [1.29, 1.82) is 0 Å². The zero-order valence-corrected chi connectivity index (χ0v) is 23.3. The molecule has 0 unspecified atom stereocenters. The van der Waals surface area contributed by atoms with Gasteiger partial charge in [-0.3, -0.25) is 14.2 Å². The van der Waals surface area contributed by atoms with Crippen molar-refractivity contribution >= 4 is 40.7 Å². The fourth-order valence-electron chi connectivity index (χ4n) is 4.68. The minimum Gasteiger partial charge on any atom is -0.490 e. The number of esters is 1. The van der Waals surface area contributed by atoms with Crippen molar-refractivity contribution in [2.45, 2.75) is 26.8 Å². The largest absolute Gasteiger partial charge is 0.490 e. The molecule has 5 rings (SSSR count). The number of benzene rings is 2. The number of hydrogen-bond donors (Lipinski definition) is 0. The van der Waals surface area contributed by atoms with E-state index in [1.807, 2.05) is 32.0 Å². The van der Waals surface area contributed by atoms with Crippen LogP contribution in [-0.2, 0) is 14.3 Å². The summed E-state index contributed by atoms with van der Waals surface area (Å²) in [6, 6.07) is 13.6. The fourth-order valence-corrected chi connectivity index (χ4v) is 5.66. The van der Waals surface area contributed by atoms with E-state index in [0.717, 1.165) is 11.3 Å². The second-order valence-corrected chi connectivity index (χ2v) is 9.98. The number of ether oxygens (including phenoxy) is 3. The fraction of sp³-hybridized carbons (Fsp3) is 0.276. The maximum Gasteiger partial charge on any atom is 0.337 e. The molecule has 1 aromatic heterocycles. The van der Waals surface area contributed by atoms with Gasteiger partial charge in [0.25, 0.3) is 11.5 Å². The highest BCUT2D eigenvalue weighted by atomic mass is 32.1. The molecule has 206 valence electrons. The molecular weight excluding hydrogens is 532 g/mol. The zero-order valence-electron chi connectivity index (χ0n) is 22.5. The molecule has 0 spiro atoms. The lowest BCUT2D eigenvalue weighted by atomic mass is 9.97. The maximum atomic E-state index is 13.9. The Morgan fingerprint density at radius 1 is 1.05 bits per heavy atom. The molecule has 0 aliphatic carbocycles. The Morgan fingerprint density at radius 3 is 2.48 bits per heavy atom. The number of nitrogens with zero attached hydrogens (tertiary/aromatic N) is 4. The van der Waals surface area contributed by atoms with E-state index in [4.69, 9.17) is 14.2 Å². The molecule has 2 atom stereocenters. The summed E-state index contributed by atoms with van der Waals surface area (Å²) < 4.78 is 18.3. The van der Waals surface area contributed by atoms with Crippen LogP contribution < -0.4 is 29.4 Å². The Bertz CT molecular complexity index is 1710. The monoisotopic (exact) mass is 560 g/mol. The summed E-state index contributed by atoms with van der Waals surface area (Å²) in [4.78, 5) is 44.7. The number of carbonyl (C=O) groups excluding carboxylic acids is 2. The van der Waals surface area contributed by atoms with E-state index in [-0.39, 0.29) is 17.0 Å². The molecule has 0 saturated heterocycles. The number of hydrazone groups is 1. The van der Waals surface area contributed by atoms with Crippen LogP contribution in [-0.4, -0.2) is 42.5 Å². The lowest BCUT2D eigenvalue weighted by Gasteiger charge is -2.23. The van der Waals surface area contributed by atoms with E-state index in [1.165, 1.54) is 22.9 Å². The molecule has 2 aliphatic rings. The van der Waals surface area contributed by atoms with Crippen molar-refractivity contribution in [1.82, 2.24) is 4.57 Å². The summed E-state index contributed by atoms with van der Waals surface area (Å²) >= 11 is 1.15. The second-order valence-electron chi connectivity index (χ2n) is 8.98. The van der Waals surface area contributed by atoms with Crippen LogP contribution in [0.1, 0.15) is 32.4 Å². The normalized spacial score (nSPS) is 18.6. The van der Waals surface area contributed by atoms with Gasteiger partial charge in [0, 0.05) is 6.20 Å². The van der Waals surface area contributed by atoms with Gasteiger partial charge in [0.1, 0.15) is 5.92 Å². The van der Waals surface area contributed by atoms with Gasteiger partial charge >= 0.3 is 5.97 Å². The predicted octanol–water partition coefficient (Wildman–Crippen LogP) is 2.81. The minimum atomic E-state index is -0.824. The van der Waals surface area contributed by atoms with Crippen LogP contribution in [0.2, 0.25) is 0 Å². The summed E-state index contributed by atoms with van der Waals surface area (Å²) in [5.74, 6) is -0.525. The van der Waals surface area contributed by atoms with Gasteiger partial charge < -0.3 is 14.2 Å². The number of rotatable bonds is 8. The predicted molar refractivity (Wildman–Crippen MR) is 151 cm³/mol. The van der Waals surface area contributed by atoms with Crippen molar-refractivity contribution in [2.75, 3.05) is 25.3 Å². The first-order chi connectivity index (χ1) is 19.4. The quantitative estimate of drug-likeness (QED) is 0.392. The zero-order chi connectivity index (χ0) is 28.4. The second kappa shape index (κ2) is 11.3. The topological polar surface area (TPSA) is 112 Å². The van der Waals surface area contributed by atoms with Crippen molar-refractivity contribution in [2.24, 2.45) is 16.0 Å². The Kier molecular flexibility index (Phi) is 7.65. The van der Waals surface area contributed by atoms with E-state index in [9.17, 15) is 14.4 Å². The lowest BCUT2D eigenvalue weighted by molar-refractivity contribution is -0.136. The molecular formula is C29H28N4O6S. The average Bonchev–Trinajstić information content (AvgIpc) is 3.44. The van der Waals surface area contributed by atoms with Gasteiger partial charge in [0.15, 0.2) is 16.3 Å². The summed E-state index contributed by atoms with van der Waals surface area (Å²) in [6.07, 6.45) is 3.05. The van der Waals surface area contributed by atoms with Crippen LogP contribution in [0.4, 0.5) is 5.69 Å². The molecule has 11 heteroatoms. The number of hydrogen-bond acceptors (Lipinski definition) is 9. The standard InChI is InChI=1S/C29H28N4O6S/c1-5-38-22-13-12-18(14-23(22)39-6-2)25-21(28(36)37-4)16-30-29-32(25)27(35)24(40-29)15-20-17(3)31-33(26(20)34)19-10-8-7-9-11-19/h7-16,20,25H,5-6H2,1-4H3/b24-15-/t20-,25-/m1/s1. The van der Waals surface area contributed by atoms with Crippen LogP contribution >= 0.6 is 11.3 Å². The first kappa shape index (κ1) is 27.1. The van der Waals surface area contributed by atoms with Gasteiger partial charge in [-0.15, -0.1) is 0 Å². The van der Waals surface area contributed by atoms with Gasteiger partial charge in [-0.25, -0.2) is 9.79 Å². The first-order valence-electron chi connectivity index (χ1n) is 12.8. The Hall–Kier alpha value is -4.51. The molecule has 0 saturated carbocycles. The Balaban J connectivity index is 1.61. The van der Waals surface area contributed by atoms with Crippen LogP contribution in [0, 0.1) is 5.92 Å². The van der Waals surface area contributed by atoms with Gasteiger partial charge in [-0.1, -0.05) is 35.6 Å². The van der Waals surface area contributed by atoms with Gasteiger partial charge in [0.2, 0.25) is 0 Å². The summed E-state index contributed by atoms with van der Waals surface area (Å²) in [5, 5.41) is 5.78. The molecule has 3 aromatic rings. The van der Waals surface area contributed by atoms with Crippen molar-refractivity contribution in [3.63, 3.8) is 0 Å². The molecule has 2 aromatic carbocycles. The molecule has 0 radical (unpaired) electrons. The van der Waals surface area contributed by atoms with Crippen molar-refractivity contribution in [3.05, 3.63) is 85.6 Å². The van der Waals surface area contributed by atoms with Crippen LogP contribution in [0.3, 0.4) is 0 Å². The number of para-hydroxylation sites is 1. The van der Waals surface area contributed by atoms with Gasteiger partial charge in [-0.05, 0) is 56.7 Å². The van der Waals surface area contributed by atoms with E-state index in [1.54, 1.807) is 43.3 Å². The number of carbonyl (C=O) groups is 2. The third-order valence-electron chi connectivity index (χ3n) is 6.51. The molecule has 0 N–H and O–H groups in total. The molecule has 10 nitrogen and oxygen atoms in total. The Labute approximate surface area is 234 Å². The number of amides is 1. The van der Waals surface area contributed by atoms with E-state index in [2.05, 4.69) is 10.1 Å². The van der Waals surface area contributed by atoms with Crippen LogP contribution in [0.25, 0.3) is 6.08 Å². The summed E-state index contributed by atoms with van der Waals surface area (Å²) in [5.41, 5.74) is 1.65. The molecule has 2 aliphatic heterocycles. The van der Waals surface area contributed by atoms with Gasteiger partial charge in [-0.2, -0.15) is 10.1 Å². The molecule has 0 fully saturated rings.